The summed E-state index contributed by atoms with van der Waals surface area (Å²) in [5, 5.41) is 8.72. The maximum atomic E-state index is 10.6. The molecule has 18 heavy (non-hydrogen) atoms. The van der Waals surface area contributed by atoms with Gasteiger partial charge in [0, 0.05) is 11.6 Å². The highest BCUT2D eigenvalue weighted by Gasteiger charge is 2.04. The molecule has 2 aromatic heterocycles. The van der Waals surface area contributed by atoms with E-state index in [1.165, 1.54) is 0 Å². The number of pyridine rings is 1. The van der Waals surface area contributed by atoms with Crippen LogP contribution >= 0.6 is 0 Å². The van der Waals surface area contributed by atoms with Crippen LogP contribution in [0.4, 0.5) is 0 Å². The zero-order chi connectivity index (χ0) is 12.4. The van der Waals surface area contributed by atoms with E-state index in [4.69, 9.17) is 0 Å². The maximum Gasteiger partial charge on any atom is 0.171 e. The van der Waals surface area contributed by atoms with E-state index in [-0.39, 0.29) is 0 Å². The van der Waals surface area contributed by atoms with Gasteiger partial charge in [-0.05, 0) is 11.6 Å². The molecule has 0 N–H and O–H groups in total. The first-order valence-corrected chi connectivity index (χ1v) is 5.55. The highest BCUT2D eigenvalue weighted by atomic mass is 16.1. The van der Waals surface area contributed by atoms with Gasteiger partial charge in [-0.25, -0.2) is 4.68 Å². The van der Waals surface area contributed by atoms with Crippen molar-refractivity contribution in [1.29, 1.82) is 0 Å². The highest BCUT2D eigenvalue weighted by Crippen LogP contribution is 2.16. The van der Waals surface area contributed by atoms with Gasteiger partial charge >= 0.3 is 0 Å². The number of carbonyl (C=O) groups is 1. The molecule has 0 aliphatic rings. The van der Waals surface area contributed by atoms with Crippen LogP contribution in [0.25, 0.3) is 10.9 Å². The Labute approximate surface area is 103 Å². The molecule has 0 aliphatic carbocycles. The number of para-hydroxylation sites is 1. The number of nitrogens with zero attached hydrogens (tertiary/aromatic N) is 4. The van der Waals surface area contributed by atoms with Gasteiger partial charge in [0.25, 0.3) is 0 Å². The van der Waals surface area contributed by atoms with Gasteiger partial charge in [-0.2, -0.15) is 0 Å². The Kier molecular flexibility index (Phi) is 2.57. The van der Waals surface area contributed by atoms with Gasteiger partial charge in [-0.1, -0.05) is 29.5 Å². The molecule has 3 rings (SSSR count). The van der Waals surface area contributed by atoms with Crippen molar-refractivity contribution < 1.29 is 4.79 Å². The molecule has 0 saturated heterocycles. The Balaban J connectivity index is 2.01. The number of hydrogen-bond donors (Lipinski definition) is 0. The number of benzene rings is 1. The Morgan fingerprint density at radius 2 is 2.11 bits per heavy atom. The van der Waals surface area contributed by atoms with E-state index in [1.807, 2.05) is 30.3 Å². The molecule has 0 spiro atoms. The minimum atomic E-state index is 0.336. The smallest absolute Gasteiger partial charge is 0.171 e. The Bertz CT molecular complexity index is 700. The molecular weight excluding hydrogens is 228 g/mol. The Hall–Kier alpha value is -2.56. The van der Waals surface area contributed by atoms with Crippen molar-refractivity contribution in [2.45, 2.75) is 6.54 Å². The van der Waals surface area contributed by atoms with Crippen LogP contribution in [0.15, 0.2) is 42.7 Å². The zero-order valence-electron chi connectivity index (χ0n) is 9.52. The molecule has 0 amide bonds. The summed E-state index contributed by atoms with van der Waals surface area (Å²) in [5.41, 5.74) is 2.33. The predicted molar refractivity (Wildman–Crippen MR) is 66.3 cm³/mol. The minimum Gasteiger partial charge on any atom is -0.296 e. The van der Waals surface area contributed by atoms with E-state index in [0.29, 0.717) is 18.5 Å². The Morgan fingerprint density at radius 3 is 2.94 bits per heavy atom. The molecule has 5 heteroatoms. The standard InChI is InChI=1S/C13H10N4O/c18-9-12-8-17(16-15-12)7-11-4-1-3-10-5-2-6-14-13(10)11/h1-6,8-9H,7H2. The first kappa shape index (κ1) is 10.6. The highest BCUT2D eigenvalue weighted by molar-refractivity contribution is 5.81. The average Bonchev–Trinajstić information content (AvgIpc) is 2.87. The van der Waals surface area contributed by atoms with Gasteiger partial charge in [0.15, 0.2) is 6.29 Å². The molecule has 0 bridgehead atoms. The number of aldehydes is 1. The largest absolute Gasteiger partial charge is 0.296 e. The van der Waals surface area contributed by atoms with Crippen molar-refractivity contribution in [2.75, 3.05) is 0 Å². The Morgan fingerprint density at radius 1 is 1.22 bits per heavy atom. The summed E-state index contributed by atoms with van der Waals surface area (Å²) in [4.78, 5) is 14.9. The predicted octanol–water partition coefficient (Wildman–Crippen LogP) is 1.69. The van der Waals surface area contributed by atoms with E-state index < -0.39 is 0 Å². The van der Waals surface area contributed by atoms with Gasteiger partial charge in [-0.15, -0.1) is 5.10 Å². The van der Waals surface area contributed by atoms with Crippen LogP contribution in [0.5, 0.6) is 0 Å². The van der Waals surface area contributed by atoms with Crippen LogP contribution in [-0.4, -0.2) is 26.3 Å². The molecule has 0 fully saturated rings. The van der Waals surface area contributed by atoms with Crippen LogP contribution in [-0.2, 0) is 6.54 Å². The second kappa shape index (κ2) is 4.37. The SMILES string of the molecule is O=Cc1cn(Cc2cccc3cccnc23)nn1. The van der Waals surface area contributed by atoms with Gasteiger partial charge in [0.1, 0.15) is 5.69 Å². The van der Waals surface area contributed by atoms with E-state index in [1.54, 1.807) is 17.1 Å². The molecule has 0 radical (unpaired) electrons. The molecule has 1 aromatic carbocycles. The van der Waals surface area contributed by atoms with E-state index >= 15 is 0 Å². The fourth-order valence-corrected chi connectivity index (χ4v) is 1.91. The number of rotatable bonds is 3. The van der Waals surface area contributed by atoms with Crippen LogP contribution in [0.1, 0.15) is 16.1 Å². The first-order chi connectivity index (χ1) is 8.86. The second-order valence-corrected chi connectivity index (χ2v) is 3.95. The molecule has 2 heterocycles. The molecule has 0 aliphatic heterocycles. The quantitative estimate of drug-likeness (QED) is 0.651. The topological polar surface area (TPSA) is 60.7 Å². The van der Waals surface area contributed by atoms with Gasteiger partial charge < -0.3 is 0 Å². The van der Waals surface area contributed by atoms with E-state index in [0.717, 1.165) is 16.5 Å². The summed E-state index contributed by atoms with van der Waals surface area (Å²) in [6.07, 6.45) is 4.07. The number of carbonyl (C=O) groups excluding carboxylic acids is 1. The molecular formula is C13H10N4O. The molecule has 5 nitrogen and oxygen atoms in total. The molecule has 88 valence electrons. The lowest BCUT2D eigenvalue weighted by molar-refractivity contribution is 0.111. The summed E-state index contributed by atoms with van der Waals surface area (Å²) in [5.74, 6) is 0. The molecule has 3 aromatic rings. The third kappa shape index (κ3) is 1.86. The van der Waals surface area contributed by atoms with Crippen molar-refractivity contribution >= 4 is 17.2 Å². The average molecular weight is 238 g/mol. The summed E-state index contributed by atoms with van der Waals surface area (Å²) < 4.78 is 1.63. The van der Waals surface area contributed by atoms with Crippen molar-refractivity contribution in [3.05, 3.63) is 54.0 Å². The van der Waals surface area contributed by atoms with Crippen LogP contribution in [0, 0.1) is 0 Å². The van der Waals surface area contributed by atoms with Crippen LogP contribution < -0.4 is 0 Å². The molecule has 0 atom stereocenters. The van der Waals surface area contributed by atoms with E-state index in [2.05, 4.69) is 15.3 Å². The summed E-state index contributed by atoms with van der Waals surface area (Å²) in [6, 6.07) is 9.93. The van der Waals surface area contributed by atoms with E-state index in [9.17, 15) is 4.79 Å². The lowest BCUT2D eigenvalue weighted by Crippen LogP contribution is -2.01. The number of aromatic nitrogens is 4. The first-order valence-electron chi connectivity index (χ1n) is 5.55. The van der Waals surface area contributed by atoms with Crippen molar-refractivity contribution in [3.8, 4) is 0 Å². The molecule has 0 saturated carbocycles. The van der Waals surface area contributed by atoms with Crippen molar-refractivity contribution in [3.63, 3.8) is 0 Å². The van der Waals surface area contributed by atoms with Gasteiger partial charge in [0.05, 0.1) is 18.3 Å². The van der Waals surface area contributed by atoms with Gasteiger partial charge in [0.2, 0.25) is 0 Å². The van der Waals surface area contributed by atoms with Crippen molar-refractivity contribution in [1.82, 2.24) is 20.0 Å². The maximum absolute atomic E-state index is 10.6. The fraction of sp³-hybridized carbons (Fsp3) is 0.0769. The third-order valence-corrected chi connectivity index (χ3v) is 2.73. The van der Waals surface area contributed by atoms with Crippen LogP contribution in [0.3, 0.4) is 0 Å². The normalized spacial score (nSPS) is 10.7. The summed E-state index contributed by atoms with van der Waals surface area (Å²) in [7, 11) is 0. The van der Waals surface area contributed by atoms with Gasteiger partial charge in [-0.3, -0.25) is 9.78 Å². The van der Waals surface area contributed by atoms with Crippen molar-refractivity contribution in [2.24, 2.45) is 0 Å². The second-order valence-electron chi connectivity index (χ2n) is 3.95. The minimum absolute atomic E-state index is 0.336. The monoisotopic (exact) mass is 238 g/mol. The summed E-state index contributed by atoms with van der Waals surface area (Å²) in [6.45, 7) is 0.551. The number of fused-ring (bicyclic) bond motifs is 1. The lowest BCUT2D eigenvalue weighted by Gasteiger charge is -2.04. The molecule has 0 unspecified atom stereocenters. The summed E-state index contributed by atoms with van der Waals surface area (Å²) >= 11 is 0. The zero-order valence-corrected chi connectivity index (χ0v) is 9.52. The third-order valence-electron chi connectivity index (χ3n) is 2.73. The number of hydrogen-bond acceptors (Lipinski definition) is 4. The van der Waals surface area contributed by atoms with Crippen LogP contribution in [0.2, 0.25) is 0 Å². The lowest BCUT2D eigenvalue weighted by atomic mass is 10.1. The fourth-order valence-electron chi connectivity index (χ4n) is 1.91.